The van der Waals surface area contributed by atoms with E-state index in [2.05, 4.69) is 0 Å². The SMILES string of the molecule is CC(C)COc1ccc([N+](=O)[O-])c(C#N)c1Cl. The molecule has 0 spiro atoms. The highest BCUT2D eigenvalue weighted by atomic mass is 35.5. The van der Waals surface area contributed by atoms with Crippen LogP contribution in [0.15, 0.2) is 12.1 Å². The van der Waals surface area contributed by atoms with Crippen molar-refractivity contribution in [1.29, 1.82) is 5.26 Å². The number of nitro groups is 1. The van der Waals surface area contributed by atoms with E-state index in [1.54, 1.807) is 6.07 Å². The highest BCUT2D eigenvalue weighted by Crippen LogP contribution is 2.34. The molecule has 1 aromatic carbocycles. The number of nitriles is 1. The molecule has 0 heterocycles. The molecule has 0 bridgehead atoms. The minimum Gasteiger partial charge on any atom is -0.492 e. The summed E-state index contributed by atoms with van der Waals surface area (Å²) >= 11 is 5.89. The highest BCUT2D eigenvalue weighted by Gasteiger charge is 2.20. The van der Waals surface area contributed by atoms with Crippen LogP contribution in [0.3, 0.4) is 0 Å². The Morgan fingerprint density at radius 1 is 1.59 bits per heavy atom. The number of nitrogens with zero attached hydrogens (tertiary/aromatic N) is 2. The molecule has 0 aliphatic heterocycles. The third kappa shape index (κ3) is 3.08. The lowest BCUT2D eigenvalue weighted by atomic mass is 10.2. The van der Waals surface area contributed by atoms with Crippen molar-refractivity contribution in [2.45, 2.75) is 13.8 Å². The van der Waals surface area contributed by atoms with Crippen molar-refractivity contribution < 1.29 is 9.66 Å². The lowest BCUT2D eigenvalue weighted by Crippen LogP contribution is -2.05. The number of benzene rings is 1. The minimum atomic E-state index is -0.642. The molecule has 1 aromatic rings. The molecule has 1 rings (SSSR count). The van der Waals surface area contributed by atoms with Crippen molar-refractivity contribution >= 4 is 17.3 Å². The number of nitro benzene ring substituents is 1. The van der Waals surface area contributed by atoms with Gasteiger partial charge in [-0.2, -0.15) is 5.26 Å². The topological polar surface area (TPSA) is 76.2 Å². The van der Waals surface area contributed by atoms with Gasteiger partial charge in [0.25, 0.3) is 5.69 Å². The summed E-state index contributed by atoms with van der Waals surface area (Å²) in [5, 5.41) is 19.5. The average Bonchev–Trinajstić information content (AvgIpc) is 2.26. The van der Waals surface area contributed by atoms with Gasteiger partial charge in [-0.3, -0.25) is 10.1 Å². The molecule has 0 saturated heterocycles. The number of ether oxygens (including phenoxy) is 1. The minimum absolute atomic E-state index is 0.0117. The van der Waals surface area contributed by atoms with Crippen LogP contribution in [0.25, 0.3) is 0 Å². The Bertz CT molecular complexity index is 480. The molecule has 6 heteroatoms. The summed E-state index contributed by atoms with van der Waals surface area (Å²) in [6.07, 6.45) is 0. The van der Waals surface area contributed by atoms with Crippen molar-refractivity contribution in [3.05, 3.63) is 32.8 Å². The van der Waals surface area contributed by atoms with Crippen molar-refractivity contribution in [2.24, 2.45) is 5.92 Å². The Morgan fingerprint density at radius 3 is 2.71 bits per heavy atom. The van der Waals surface area contributed by atoms with E-state index in [1.807, 2.05) is 13.8 Å². The van der Waals surface area contributed by atoms with Gasteiger partial charge in [0.15, 0.2) is 5.56 Å². The third-order valence-corrected chi connectivity index (χ3v) is 2.34. The van der Waals surface area contributed by atoms with Gasteiger partial charge in [0.2, 0.25) is 0 Å². The molecular weight excluding hydrogens is 244 g/mol. The van der Waals surface area contributed by atoms with E-state index in [4.69, 9.17) is 21.6 Å². The Kier molecular flexibility index (Phi) is 4.30. The van der Waals surface area contributed by atoms with Gasteiger partial charge < -0.3 is 4.74 Å². The molecule has 0 aliphatic carbocycles. The maximum absolute atomic E-state index is 10.7. The van der Waals surface area contributed by atoms with Crippen molar-refractivity contribution in [3.8, 4) is 11.8 Å². The summed E-state index contributed by atoms with van der Waals surface area (Å²) in [6, 6.07) is 4.35. The molecule has 0 fully saturated rings. The first kappa shape index (κ1) is 13.3. The van der Waals surface area contributed by atoms with Crippen LogP contribution in [0.5, 0.6) is 5.75 Å². The van der Waals surface area contributed by atoms with Crippen LogP contribution in [0.2, 0.25) is 5.02 Å². The molecule has 0 saturated carbocycles. The molecule has 0 amide bonds. The Hall–Kier alpha value is -1.80. The summed E-state index contributed by atoms with van der Waals surface area (Å²) in [5.41, 5.74) is -0.479. The lowest BCUT2D eigenvalue weighted by molar-refractivity contribution is -0.385. The molecule has 0 N–H and O–H groups in total. The predicted octanol–water partition coefficient (Wildman–Crippen LogP) is 3.15. The second-order valence-electron chi connectivity index (χ2n) is 3.85. The highest BCUT2D eigenvalue weighted by molar-refractivity contribution is 6.33. The van der Waals surface area contributed by atoms with E-state index in [-0.39, 0.29) is 16.3 Å². The molecule has 0 aliphatic rings. The van der Waals surface area contributed by atoms with E-state index in [0.29, 0.717) is 18.3 Å². The molecule has 5 nitrogen and oxygen atoms in total. The Labute approximate surface area is 104 Å². The number of rotatable bonds is 4. The van der Waals surface area contributed by atoms with Crippen LogP contribution in [0.4, 0.5) is 5.69 Å². The van der Waals surface area contributed by atoms with Crippen LogP contribution in [0, 0.1) is 27.4 Å². The van der Waals surface area contributed by atoms with E-state index in [9.17, 15) is 10.1 Å². The zero-order valence-electron chi connectivity index (χ0n) is 9.44. The second-order valence-corrected chi connectivity index (χ2v) is 4.22. The smallest absolute Gasteiger partial charge is 0.288 e. The molecule has 17 heavy (non-hydrogen) atoms. The second kappa shape index (κ2) is 5.51. The number of hydrogen-bond donors (Lipinski definition) is 0. The largest absolute Gasteiger partial charge is 0.492 e. The lowest BCUT2D eigenvalue weighted by Gasteiger charge is -2.10. The fourth-order valence-corrected chi connectivity index (χ4v) is 1.43. The molecule has 90 valence electrons. The van der Waals surface area contributed by atoms with Crippen LogP contribution in [-0.2, 0) is 0 Å². The fourth-order valence-electron chi connectivity index (χ4n) is 1.17. The normalized spacial score (nSPS) is 10.1. The van der Waals surface area contributed by atoms with Gasteiger partial charge in [0.05, 0.1) is 11.5 Å². The third-order valence-electron chi connectivity index (χ3n) is 1.97. The maximum atomic E-state index is 10.7. The van der Waals surface area contributed by atoms with Crippen LogP contribution in [-0.4, -0.2) is 11.5 Å². The van der Waals surface area contributed by atoms with Crippen LogP contribution in [0.1, 0.15) is 19.4 Å². The summed E-state index contributed by atoms with van der Waals surface area (Å²) < 4.78 is 5.37. The van der Waals surface area contributed by atoms with Crippen molar-refractivity contribution in [3.63, 3.8) is 0 Å². The molecule has 0 unspecified atom stereocenters. The van der Waals surface area contributed by atoms with E-state index < -0.39 is 4.92 Å². The van der Waals surface area contributed by atoms with Gasteiger partial charge in [-0.15, -0.1) is 0 Å². The molecule has 0 aromatic heterocycles. The van der Waals surface area contributed by atoms with Crippen LogP contribution < -0.4 is 4.74 Å². The predicted molar refractivity (Wildman–Crippen MR) is 63.2 cm³/mol. The van der Waals surface area contributed by atoms with Gasteiger partial charge in [-0.25, -0.2) is 0 Å². The summed E-state index contributed by atoms with van der Waals surface area (Å²) in [6.45, 7) is 4.36. The fraction of sp³-hybridized carbons (Fsp3) is 0.364. The van der Waals surface area contributed by atoms with Gasteiger partial charge in [-0.05, 0) is 12.0 Å². The zero-order valence-corrected chi connectivity index (χ0v) is 10.2. The quantitative estimate of drug-likeness (QED) is 0.611. The summed E-state index contributed by atoms with van der Waals surface area (Å²) in [4.78, 5) is 10.0. The zero-order chi connectivity index (χ0) is 13.0. The van der Waals surface area contributed by atoms with E-state index in [1.165, 1.54) is 12.1 Å². The number of halogens is 1. The molecular formula is C11H11ClN2O3. The van der Waals surface area contributed by atoms with E-state index in [0.717, 1.165) is 0 Å². The van der Waals surface area contributed by atoms with Crippen molar-refractivity contribution in [2.75, 3.05) is 6.61 Å². The van der Waals surface area contributed by atoms with Crippen molar-refractivity contribution in [1.82, 2.24) is 0 Å². The summed E-state index contributed by atoms with van der Waals surface area (Å²) in [7, 11) is 0. The number of hydrogen-bond acceptors (Lipinski definition) is 4. The first-order valence-electron chi connectivity index (χ1n) is 4.97. The maximum Gasteiger partial charge on any atom is 0.288 e. The van der Waals surface area contributed by atoms with Gasteiger partial charge >= 0.3 is 0 Å². The molecule has 0 radical (unpaired) electrons. The standard InChI is InChI=1S/C11H11ClN2O3/c1-7(2)6-17-10-4-3-9(14(15)16)8(5-13)11(10)12/h3-4,7H,6H2,1-2H3. The van der Waals surface area contributed by atoms with Crippen LogP contribution >= 0.6 is 11.6 Å². The first-order chi connectivity index (χ1) is 7.97. The Morgan fingerprint density at radius 2 is 2.24 bits per heavy atom. The average molecular weight is 255 g/mol. The van der Waals surface area contributed by atoms with E-state index >= 15 is 0 Å². The Balaban J connectivity index is 3.13. The molecule has 0 atom stereocenters. The van der Waals surface area contributed by atoms with Gasteiger partial charge in [0.1, 0.15) is 16.8 Å². The monoisotopic (exact) mass is 254 g/mol. The first-order valence-corrected chi connectivity index (χ1v) is 5.35. The van der Waals surface area contributed by atoms with Gasteiger partial charge in [0, 0.05) is 6.07 Å². The summed E-state index contributed by atoms with van der Waals surface area (Å²) in [5.74, 6) is 0.592. The van der Waals surface area contributed by atoms with Gasteiger partial charge in [-0.1, -0.05) is 25.4 Å².